The fourth-order valence-electron chi connectivity index (χ4n) is 3.71. The van der Waals surface area contributed by atoms with E-state index in [9.17, 15) is 19.4 Å². The lowest BCUT2D eigenvalue weighted by atomic mass is 10.0. The zero-order valence-electron chi connectivity index (χ0n) is 19.1. The minimum absolute atomic E-state index is 0.00463. The van der Waals surface area contributed by atoms with Crippen LogP contribution in [0.25, 0.3) is 11.1 Å². The molecule has 7 nitrogen and oxygen atoms in total. The van der Waals surface area contributed by atoms with E-state index in [0.29, 0.717) is 16.8 Å². The summed E-state index contributed by atoms with van der Waals surface area (Å²) in [5.41, 5.74) is 1.77. The third kappa shape index (κ3) is 6.88. The molecule has 3 N–H and O–H groups in total. The van der Waals surface area contributed by atoms with E-state index in [4.69, 9.17) is 9.47 Å². The van der Waals surface area contributed by atoms with Crippen molar-refractivity contribution in [1.82, 2.24) is 4.90 Å². The van der Waals surface area contributed by atoms with Crippen molar-refractivity contribution in [2.24, 2.45) is 0 Å². The number of nitrogens with one attached hydrogen (secondary N) is 1. The van der Waals surface area contributed by atoms with Crippen molar-refractivity contribution in [3.8, 4) is 22.6 Å². The second kappa shape index (κ2) is 11.9. The first-order chi connectivity index (χ1) is 17.0. The van der Waals surface area contributed by atoms with Crippen molar-refractivity contribution in [2.75, 3.05) is 44.2 Å². The van der Waals surface area contributed by atoms with Crippen LogP contribution in [0, 0.1) is 5.82 Å². The number of esters is 1. The number of halogens is 1. The van der Waals surface area contributed by atoms with Gasteiger partial charge in [0.25, 0.3) is 0 Å². The summed E-state index contributed by atoms with van der Waals surface area (Å²) in [6.45, 7) is 4.35. The van der Waals surface area contributed by atoms with Gasteiger partial charge in [-0.15, -0.1) is 0 Å². The lowest BCUT2D eigenvalue weighted by molar-refractivity contribution is 0.0297. The zero-order chi connectivity index (χ0) is 24.6. The van der Waals surface area contributed by atoms with Crippen molar-refractivity contribution in [3.63, 3.8) is 0 Å². The molecule has 0 radical (unpaired) electrons. The second-order valence-corrected chi connectivity index (χ2v) is 8.95. The quantitative estimate of drug-likeness (QED) is 0.218. The SMILES string of the molecule is O=C(OCCCN1CCOCC1)c1ccc(NSc2cccc(-c3cc(F)ccc3O)c2)cc1O. The maximum Gasteiger partial charge on any atom is 0.341 e. The largest absolute Gasteiger partial charge is 0.507 e. The second-order valence-electron chi connectivity index (χ2n) is 8.07. The highest BCUT2D eigenvalue weighted by molar-refractivity contribution is 8.00. The fraction of sp³-hybridized carbons (Fsp3) is 0.269. The average molecular weight is 499 g/mol. The average Bonchev–Trinajstić information content (AvgIpc) is 2.87. The van der Waals surface area contributed by atoms with Crippen molar-refractivity contribution >= 4 is 23.6 Å². The highest BCUT2D eigenvalue weighted by atomic mass is 32.2. The van der Waals surface area contributed by atoms with Crippen LogP contribution >= 0.6 is 11.9 Å². The lowest BCUT2D eigenvalue weighted by Gasteiger charge is -2.26. The van der Waals surface area contributed by atoms with E-state index in [1.165, 1.54) is 42.3 Å². The van der Waals surface area contributed by atoms with Gasteiger partial charge in [0.15, 0.2) is 0 Å². The number of benzene rings is 3. The Kier molecular flexibility index (Phi) is 8.46. The molecule has 35 heavy (non-hydrogen) atoms. The van der Waals surface area contributed by atoms with Crippen LogP contribution in [0.15, 0.2) is 65.6 Å². The summed E-state index contributed by atoms with van der Waals surface area (Å²) >= 11 is 1.28. The first-order valence-corrected chi connectivity index (χ1v) is 12.1. The number of hydrogen-bond acceptors (Lipinski definition) is 8. The minimum Gasteiger partial charge on any atom is -0.507 e. The number of nitrogens with zero attached hydrogens (tertiary/aromatic N) is 1. The molecule has 1 aliphatic heterocycles. The minimum atomic E-state index is -0.564. The summed E-state index contributed by atoms with van der Waals surface area (Å²) in [4.78, 5) is 15.4. The molecular formula is C26H27FN2O5S. The number of phenols is 2. The predicted octanol–water partition coefficient (Wildman–Crippen LogP) is 4.90. The van der Waals surface area contributed by atoms with Gasteiger partial charge in [0.1, 0.15) is 22.9 Å². The summed E-state index contributed by atoms with van der Waals surface area (Å²) in [6.07, 6.45) is 0.718. The summed E-state index contributed by atoms with van der Waals surface area (Å²) in [5, 5.41) is 20.4. The van der Waals surface area contributed by atoms with E-state index in [2.05, 4.69) is 9.62 Å². The molecule has 1 saturated heterocycles. The lowest BCUT2D eigenvalue weighted by Crippen LogP contribution is -2.37. The molecule has 0 amide bonds. The van der Waals surface area contributed by atoms with Crippen LogP contribution in [-0.2, 0) is 9.47 Å². The van der Waals surface area contributed by atoms with Gasteiger partial charge in [-0.2, -0.15) is 0 Å². The van der Waals surface area contributed by atoms with Crippen molar-refractivity contribution in [3.05, 3.63) is 72.0 Å². The Morgan fingerprint density at radius 1 is 1.06 bits per heavy atom. The Balaban J connectivity index is 1.30. The fourth-order valence-corrected chi connectivity index (χ4v) is 4.40. The summed E-state index contributed by atoms with van der Waals surface area (Å²) in [5.74, 6) is -1.17. The molecule has 4 rings (SSSR count). The van der Waals surface area contributed by atoms with E-state index < -0.39 is 11.8 Å². The van der Waals surface area contributed by atoms with Gasteiger partial charge in [0, 0.05) is 41.8 Å². The summed E-state index contributed by atoms with van der Waals surface area (Å²) in [6, 6.07) is 15.7. The predicted molar refractivity (Wildman–Crippen MR) is 133 cm³/mol. The standard InChI is InChI=1S/C26H27FN2O5S/c27-19-5-8-24(30)23(16-19)18-3-1-4-21(15-18)35-28-20-6-7-22(25(31)17-20)26(32)34-12-2-9-29-10-13-33-14-11-29/h1,3-8,15-17,28,30-31H,2,9-14H2. The third-order valence-corrected chi connectivity index (χ3v) is 6.39. The van der Waals surface area contributed by atoms with Crippen molar-refractivity contribution in [2.45, 2.75) is 11.3 Å². The number of rotatable bonds is 9. The van der Waals surface area contributed by atoms with Gasteiger partial charge in [-0.05, 0) is 66.4 Å². The smallest absolute Gasteiger partial charge is 0.341 e. The number of carbonyl (C=O) groups is 1. The molecule has 0 aliphatic carbocycles. The van der Waals surface area contributed by atoms with Gasteiger partial charge >= 0.3 is 5.97 Å². The van der Waals surface area contributed by atoms with Crippen molar-refractivity contribution < 1.29 is 28.9 Å². The Hall–Kier alpha value is -3.27. The van der Waals surface area contributed by atoms with E-state index in [1.54, 1.807) is 18.2 Å². The highest BCUT2D eigenvalue weighted by Crippen LogP contribution is 2.33. The van der Waals surface area contributed by atoms with Gasteiger partial charge in [-0.25, -0.2) is 9.18 Å². The van der Waals surface area contributed by atoms with Crippen LogP contribution in [0.2, 0.25) is 0 Å². The van der Waals surface area contributed by atoms with E-state index in [-0.39, 0.29) is 23.7 Å². The first-order valence-electron chi connectivity index (χ1n) is 11.3. The molecule has 0 aromatic heterocycles. The molecule has 1 aliphatic rings. The normalized spacial score (nSPS) is 14.0. The van der Waals surface area contributed by atoms with E-state index in [1.807, 2.05) is 12.1 Å². The Bertz CT molecular complexity index is 1170. The van der Waals surface area contributed by atoms with Gasteiger partial charge in [0.2, 0.25) is 0 Å². The van der Waals surface area contributed by atoms with Crippen molar-refractivity contribution in [1.29, 1.82) is 0 Å². The first kappa shape index (κ1) is 24.8. The topological polar surface area (TPSA) is 91.3 Å². The molecule has 1 heterocycles. The zero-order valence-corrected chi connectivity index (χ0v) is 19.9. The molecule has 184 valence electrons. The Morgan fingerprint density at radius 2 is 1.89 bits per heavy atom. The number of anilines is 1. The van der Waals surface area contributed by atoms with E-state index >= 15 is 0 Å². The van der Waals surface area contributed by atoms with Gasteiger partial charge in [-0.1, -0.05) is 12.1 Å². The van der Waals surface area contributed by atoms with Gasteiger partial charge < -0.3 is 24.4 Å². The number of morpholine rings is 1. The number of hydrogen-bond donors (Lipinski definition) is 3. The molecule has 0 unspecified atom stereocenters. The van der Waals surface area contributed by atoms with Crippen LogP contribution in [0.5, 0.6) is 11.5 Å². The van der Waals surface area contributed by atoms with Crippen LogP contribution in [0.3, 0.4) is 0 Å². The number of carbonyl (C=O) groups excluding carboxylic acids is 1. The van der Waals surface area contributed by atoms with Gasteiger partial charge in [-0.3, -0.25) is 4.90 Å². The summed E-state index contributed by atoms with van der Waals surface area (Å²) < 4.78 is 27.3. The summed E-state index contributed by atoms with van der Waals surface area (Å²) in [7, 11) is 0. The van der Waals surface area contributed by atoms with Crippen LogP contribution in [0.1, 0.15) is 16.8 Å². The molecule has 0 bridgehead atoms. The van der Waals surface area contributed by atoms with Gasteiger partial charge in [0.05, 0.1) is 19.8 Å². The molecule has 3 aromatic carbocycles. The number of phenolic OH excluding ortho intramolecular Hbond substituents is 2. The van der Waals surface area contributed by atoms with Crippen LogP contribution in [0.4, 0.5) is 10.1 Å². The Labute approximate surface area is 207 Å². The molecule has 0 spiro atoms. The molecule has 9 heteroatoms. The number of ether oxygens (including phenoxy) is 2. The molecule has 0 saturated carbocycles. The number of aromatic hydroxyl groups is 2. The highest BCUT2D eigenvalue weighted by Gasteiger charge is 2.15. The van der Waals surface area contributed by atoms with Crippen LogP contribution < -0.4 is 4.72 Å². The Morgan fingerprint density at radius 3 is 2.69 bits per heavy atom. The molecular weight excluding hydrogens is 471 g/mol. The third-order valence-electron chi connectivity index (χ3n) is 5.56. The maximum absolute atomic E-state index is 13.6. The molecule has 0 atom stereocenters. The molecule has 3 aromatic rings. The van der Waals surface area contributed by atoms with E-state index in [0.717, 1.165) is 44.2 Å². The molecule has 1 fully saturated rings. The monoisotopic (exact) mass is 498 g/mol. The van der Waals surface area contributed by atoms with Crippen LogP contribution in [-0.4, -0.2) is 60.5 Å². The maximum atomic E-state index is 13.6.